The number of fused-ring (bicyclic) bond motifs is 7. The summed E-state index contributed by atoms with van der Waals surface area (Å²) in [5.74, 6) is 0. The predicted molar refractivity (Wildman–Crippen MR) is 259 cm³/mol. The maximum Gasteiger partial charge on any atom is 0.264 e. The van der Waals surface area contributed by atoms with Crippen LogP contribution in [0.1, 0.15) is 110 Å². The summed E-state index contributed by atoms with van der Waals surface area (Å²) >= 11 is 1.99. The van der Waals surface area contributed by atoms with Crippen LogP contribution in [0.25, 0.3) is 21.2 Å². The van der Waals surface area contributed by atoms with Crippen molar-refractivity contribution in [2.45, 2.75) is 111 Å². The number of rotatable bonds is 3. The molecule has 3 heterocycles. The molecule has 2 aliphatic heterocycles. The summed E-state index contributed by atoms with van der Waals surface area (Å²) in [4.78, 5) is 5.28. The highest BCUT2D eigenvalue weighted by atomic mass is 32.1. The van der Waals surface area contributed by atoms with Crippen molar-refractivity contribution < 1.29 is 0 Å². The van der Waals surface area contributed by atoms with Crippen molar-refractivity contribution in [3.05, 3.63) is 149 Å². The molecule has 0 bridgehead atoms. The molecule has 296 valence electrons. The van der Waals surface area contributed by atoms with Crippen molar-refractivity contribution in [1.29, 1.82) is 0 Å². The molecule has 1 aromatic heterocycles. The molecule has 0 amide bonds. The lowest BCUT2D eigenvalue weighted by atomic mass is 9.35. The summed E-state index contributed by atoms with van der Waals surface area (Å²) < 4.78 is 2.77. The Labute approximate surface area is 357 Å². The first-order chi connectivity index (χ1) is 27.9. The zero-order valence-electron chi connectivity index (χ0n) is 36.8. The molecule has 0 radical (unpaired) electrons. The Morgan fingerprint density at radius 2 is 1.17 bits per heavy atom. The van der Waals surface area contributed by atoms with Crippen molar-refractivity contribution in [2.24, 2.45) is 0 Å². The number of hydrogen-bond donors (Lipinski definition) is 0. The van der Waals surface area contributed by atoms with E-state index in [1.54, 1.807) is 0 Å². The molecule has 3 aliphatic rings. The van der Waals surface area contributed by atoms with Gasteiger partial charge < -0.3 is 9.80 Å². The van der Waals surface area contributed by atoms with Crippen molar-refractivity contribution in [2.75, 3.05) is 9.80 Å². The molecule has 59 heavy (non-hydrogen) atoms. The molecule has 0 saturated carbocycles. The van der Waals surface area contributed by atoms with Gasteiger partial charge >= 0.3 is 0 Å². The number of benzene rings is 6. The van der Waals surface area contributed by atoms with E-state index in [1.807, 2.05) is 11.3 Å². The SMILES string of the molecule is Cc1cc2c3c(c1)N(c1ccc(C(C)(C)C)cc1-c1ccccc1)c1c(sc4ccccc14)B3c1cc3c(cc1N2c1ccc(C(C)(C)C)cc1)C(C)(C)CCC3(C)C. The molecule has 0 N–H and O–H groups in total. The van der Waals surface area contributed by atoms with Crippen LogP contribution in [-0.2, 0) is 21.7 Å². The van der Waals surface area contributed by atoms with Gasteiger partial charge in [-0.15, -0.1) is 11.3 Å². The fraction of sp³-hybridized carbons (Fsp3) is 0.309. The second-order valence-electron chi connectivity index (χ2n) is 21.0. The molecular weight excluding hydrogens is 731 g/mol. The van der Waals surface area contributed by atoms with E-state index in [0.29, 0.717) is 0 Å². The third-order valence-electron chi connectivity index (χ3n) is 13.9. The zero-order valence-corrected chi connectivity index (χ0v) is 37.7. The topological polar surface area (TPSA) is 6.48 Å². The highest BCUT2D eigenvalue weighted by Crippen LogP contribution is 2.53. The van der Waals surface area contributed by atoms with Gasteiger partial charge in [-0.2, -0.15) is 0 Å². The summed E-state index contributed by atoms with van der Waals surface area (Å²) in [6, 6.07) is 47.1. The Kier molecular flexibility index (Phi) is 8.39. The predicted octanol–water partition coefficient (Wildman–Crippen LogP) is 13.9. The minimum atomic E-state index is 0.00598. The Hall–Kier alpha value is -5.06. The molecule has 1 aliphatic carbocycles. The van der Waals surface area contributed by atoms with Crippen LogP contribution in [0.4, 0.5) is 34.1 Å². The van der Waals surface area contributed by atoms with Gasteiger partial charge in [0.05, 0.1) is 11.4 Å². The van der Waals surface area contributed by atoms with Gasteiger partial charge in [0.15, 0.2) is 0 Å². The third-order valence-corrected chi connectivity index (χ3v) is 15.1. The highest BCUT2D eigenvalue weighted by Gasteiger charge is 2.48. The van der Waals surface area contributed by atoms with Crippen LogP contribution in [-0.4, -0.2) is 6.71 Å². The highest BCUT2D eigenvalue weighted by molar-refractivity contribution is 7.33. The number of nitrogens with zero attached hydrogens (tertiary/aromatic N) is 2. The third kappa shape index (κ3) is 5.95. The lowest BCUT2D eigenvalue weighted by molar-refractivity contribution is 0.332. The number of thiophene rings is 1. The first-order valence-corrected chi connectivity index (χ1v) is 22.5. The second kappa shape index (κ2) is 13.0. The minimum Gasteiger partial charge on any atom is -0.311 e. The van der Waals surface area contributed by atoms with Crippen molar-refractivity contribution in [3.63, 3.8) is 0 Å². The quantitative estimate of drug-likeness (QED) is 0.165. The van der Waals surface area contributed by atoms with E-state index in [0.717, 1.165) is 0 Å². The van der Waals surface area contributed by atoms with E-state index in [1.165, 1.54) is 112 Å². The fourth-order valence-corrected chi connectivity index (χ4v) is 11.6. The molecule has 4 heteroatoms. The number of anilines is 6. The molecule has 10 rings (SSSR count). The molecule has 0 atom stereocenters. The molecule has 2 nitrogen and oxygen atoms in total. The summed E-state index contributed by atoms with van der Waals surface area (Å²) in [5, 5.41) is 1.32. The fourth-order valence-electron chi connectivity index (χ4n) is 10.3. The normalized spacial score (nSPS) is 16.4. The van der Waals surface area contributed by atoms with Crippen molar-refractivity contribution in [3.8, 4) is 11.1 Å². The Morgan fingerprint density at radius 3 is 1.83 bits per heavy atom. The van der Waals surface area contributed by atoms with E-state index in [9.17, 15) is 0 Å². The monoisotopic (exact) mass is 788 g/mol. The average molecular weight is 789 g/mol. The minimum absolute atomic E-state index is 0.00598. The van der Waals surface area contributed by atoms with Gasteiger partial charge in [-0.1, -0.05) is 142 Å². The molecular formula is C55H57BN2S. The van der Waals surface area contributed by atoms with E-state index in [4.69, 9.17) is 0 Å². The van der Waals surface area contributed by atoms with E-state index >= 15 is 0 Å². The second-order valence-corrected chi connectivity index (χ2v) is 22.1. The van der Waals surface area contributed by atoms with E-state index < -0.39 is 0 Å². The Bertz CT molecular complexity index is 2810. The largest absolute Gasteiger partial charge is 0.311 e. The lowest BCUT2D eigenvalue weighted by Gasteiger charge is -2.47. The van der Waals surface area contributed by atoms with Crippen LogP contribution in [0.5, 0.6) is 0 Å². The van der Waals surface area contributed by atoms with E-state index in [-0.39, 0.29) is 28.4 Å². The number of hydrogen-bond acceptors (Lipinski definition) is 3. The maximum atomic E-state index is 2.66. The molecule has 0 unspecified atom stereocenters. The average Bonchev–Trinajstić information content (AvgIpc) is 3.58. The summed E-state index contributed by atoms with van der Waals surface area (Å²) in [6.45, 7) is 26.2. The number of aryl methyl sites for hydroxylation is 1. The first kappa shape index (κ1) is 38.2. The van der Waals surface area contributed by atoms with Crippen LogP contribution in [0.15, 0.2) is 121 Å². The summed E-state index contributed by atoms with van der Waals surface area (Å²) in [5.41, 5.74) is 20.2. The van der Waals surface area contributed by atoms with Gasteiger partial charge in [-0.05, 0) is 134 Å². The standard InChI is InChI=1S/C55H57BN2S/c1-34-29-46-49-47(30-34)58(44-26-23-37(53(5,6)7)31-40(44)35-17-13-12-14-18-35)50-39-19-15-16-20-48(39)59-51(50)56(49)43-32-41-42(55(10,11)28-27-54(41,8)9)33-45(43)57(46)38-24-21-36(22-25-38)52(2,3)4/h12-26,29-33H,27-28H2,1-11H3. The van der Waals surface area contributed by atoms with Gasteiger partial charge in [-0.25, -0.2) is 0 Å². The van der Waals surface area contributed by atoms with Gasteiger partial charge in [-0.3, -0.25) is 0 Å². The van der Waals surface area contributed by atoms with Crippen LogP contribution in [0.2, 0.25) is 0 Å². The summed E-state index contributed by atoms with van der Waals surface area (Å²) in [6.07, 6.45) is 2.37. The maximum absolute atomic E-state index is 2.66. The van der Waals surface area contributed by atoms with Crippen LogP contribution in [0, 0.1) is 6.92 Å². The molecule has 0 spiro atoms. The first-order valence-electron chi connectivity index (χ1n) is 21.7. The smallest absolute Gasteiger partial charge is 0.264 e. The Morgan fingerprint density at radius 1 is 0.576 bits per heavy atom. The zero-order chi connectivity index (χ0) is 41.4. The van der Waals surface area contributed by atoms with Gasteiger partial charge in [0.1, 0.15) is 0 Å². The van der Waals surface area contributed by atoms with Crippen LogP contribution < -0.4 is 25.5 Å². The van der Waals surface area contributed by atoms with Gasteiger partial charge in [0.2, 0.25) is 0 Å². The van der Waals surface area contributed by atoms with Gasteiger partial charge in [0, 0.05) is 43.2 Å². The molecule has 6 aromatic carbocycles. The van der Waals surface area contributed by atoms with Crippen molar-refractivity contribution >= 4 is 78.0 Å². The van der Waals surface area contributed by atoms with Crippen LogP contribution in [0.3, 0.4) is 0 Å². The molecule has 0 fully saturated rings. The lowest BCUT2D eigenvalue weighted by Crippen LogP contribution is -2.61. The van der Waals surface area contributed by atoms with Crippen LogP contribution >= 0.6 is 11.3 Å². The molecule has 0 saturated heterocycles. The Balaban J connectivity index is 1.33. The molecule has 7 aromatic rings. The van der Waals surface area contributed by atoms with Gasteiger partial charge in [0.25, 0.3) is 6.71 Å². The van der Waals surface area contributed by atoms with Crippen molar-refractivity contribution in [1.82, 2.24) is 0 Å². The van der Waals surface area contributed by atoms with E-state index in [2.05, 4.69) is 207 Å². The summed E-state index contributed by atoms with van der Waals surface area (Å²) in [7, 11) is 0.